The predicted molar refractivity (Wildman–Crippen MR) is 74.9 cm³/mol. The third kappa shape index (κ3) is 3.90. The first-order valence-electron chi connectivity index (χ1n) is 6.27. The van der Waals surface area contributed by atoms with Crippen LogP contribution >= 0.6 is 0 Å². The molecule has 0 aliphatic carbocycles. The molecule has 2 rings (SSSR count). The molecule has 94 valence electrons. The van der Waals surface area contributed by atoms with E-state index in [1.807, 2.05) is 43.4 Å². The van der Waals surface area contributed by atoms with Gasteiger partial charge in [-0.25, -0.2) is 0 Å². The molecule has 0 aliphatic heterocycles. The summed E-state index contributed by atoms with van der Waals surface area (Å²) in [5, 5.41) is 3.30. The van der Waals surface area contributed by atoms with Gasteiger partial charge < -0.3 is 10.1 Å². The lowest BCUT2D eigenvalue weighted by atomic mass is 10.1. The topological polar surface area (TPSA) is 21.3 Å². The van der Waals surface area contributed by atoms with Crippen LogP contribution in [0.15, 0.2) is 60.7 Å². The Kier molecular flexibility index (Phi) is 4.79. The second-order valence-corrected chi connectivity index (χ2v) is 4.30. The standard InChI is InChI=1S/C16H19NO/c1-17-15(12-14-8-4-2-5-9-14)13-18-16-10-6-3-7-11-16/h2-11,15,17H,12-13H2,1H3/t15-/m0/s1. The molecule has 0 bridgehead atoms. The van der Waals surface area contributed by atoms with Crippen LogP contribution in [0, 0.1) is 0 Å². The van der Waals surface area contributed by atoms with Gasteiger partial charge in [-0.1, -0.05) is 48.5 Å². The smallest absolute Gasteiger partial charge is 0.119 e. The fourth-order valence-corrected chi connectivity index (χ4v) is 1.86. The molecule has 2 aromatic carbocycles. The molecular formula is C16H19NO. The van der Waals surface area contributed by atoms with Gasteiger partial charge in [-0.05, 0) is 31.2 Å². The summed E-state index contributed by atoms with van der Waals surface area (Å²) >= 11 is 0. The number of para-hydroxylation sites is 1. The lowest BCUT2D eigenvalue weighted by Gasteiger charge is -2.17. The molecule has 0 aliphatic rings. The maximum atomic E-state index is 5.77. The van der Waals surface area contributed by atoms with E-state index in [9.17, 15) is 0 Å². The first kappa shape index (κ1) is 12.7. The number of likely N-dealkylation sites (N-methyl/N-ethyl adjacent to an activating group) is 1. The molecule has 2 aromatic rings. The Morgan fingerprint density at radius 3 is 2.17 bits per heavy atom. The molecule has 0 saturated carbocycles. The highest BCUT2D eigenvalue weighted by molar-refractivity contribution is 5.21. The largest absolute Gasteiger partial charge is 0.492 e. The molecule has 18 heavy (non-hydrogen) atoms. The van der Waals surface area contributed by atoms with Gasteiger partial charge in [0.05, 0.1) is 0 Å². The van der Waals surface area contributed by atoms with E-state index in [1.54, 1.807) is 0 Å². The fourth-order valence-electron chi connectivity index (χ4n) is 1.86. The van der Waals surface area contributed by atoms with E-state index >= 15 is 0 Å². The van der Waals surface area contributed by atoms with Gasteiger partial charge in [0.2, 0.25) is 0 Å². The Labute approximate surface area is 109 Å². The summed E-state index contributed by atoms with van der Waals surface area (Å²) < 4.78 is 5.77. The Bertz CT molecular complexity index is 441. The first-order valence-corrected chi connectivity index (χ1v) is 6.27. The maximum absolute atomic E-state index is 5.77. The minimum atomic E-state index is 0.326. The number of nitrogens with one attached hydrogen (secondary N) is 1. The monoisotopic (exact) mass is 241 g/mol. The third-order valence-electron chi connectivity index (χ3n) is 2.93. The van der Waals surface area contributed by atoms with Crippen molar-refractivity contribution in [3.05, 3.63) is 66.2 Å². The highest BCUT2D eigenvalue weighted by Gasteiger charge is 2.07. The molecule has 0 unspecified atom stereocenters. The number of rotatable bonds is 6. The zero-order valence-corrected chi connectivity index (χ0v) is 10.7. The van der Waals surface area contributed by atoms with Gasteiger partial charge in [-0.15, -0.1) is 0 Å². The molecule has 0 heterocycles. The summed E-state index contributed by atoms with van der Waals surface area (Å²) in [6, 6.07) is 20.7. The van der Waals surface area contributed by atoms with E-state index in [0.717, 1.165) is 12.2 Å². The lowest BCUT2D eigenvalue weighted by Crippen LogP contribution is -2.33. The zero-order chi connectivity index (χ0) is 12.6. The summed E-state index contributed by atoms with van der Waals surface area (Å²) in [5.41, 5.74) is 1.33. The fraction of sp³-hybridized carbons (Fsp3) is 0.250. The van der Waals surface area contributed by atoms with E-state index < -0.39 is 0 Å². The second-order valence-electron chi connectivity index (χ2n) is 4.30. The minimum Gasteiger partial charge on any atom is -0.492 e. The van der Waals surface area contributed by atoms with Gasteiger partial charge in [0.25, 0.3) is 0 Å². The molecular weight excluding hydrogens is 222 g/mol. The van der Waals surface area contributed by atoms with Crippen LogP contribution in [0.1, 0.15) is 5.56 Å². The van der Waals surface area contributed by atoms with Gasteiger partial charge in [0, 0.05) is 6.04 Å². The van der Waals surface area contributed by atoms with Crippen LogP contribution in [0.4, 0.5) is 0 Å². The molecule has 0 aromatic heterocycles. The van der Waals surface area contributed by atoms with Crippen LogP contribution in [0.5, 0.6) is 5.75 Å². The van der Waals surface area contributed by atoms with Crippen LogP contribution in [0.25, 0.3) is 0 Å². The molecule has 2 heteroatoms. The highest BCUT2D eigenvalue weighted by Crippen LogP contribution is 2.10. The Balaban J connectivity index is 1.86. The summed E-state index contributed by atoms with van der Waals surface area (Å²) in [6.07, 6.45) is 0.976. The Morgan fingerprint density at radius 1 is 0.944 bits per heavy atom. The number of ether oxygens (including phenoxy) is 1. The molecule has 0 spiro atoms. The van der Waals surface area contributed by atoms with Crippen molar-refractivity contribution < 1.29 is 4.74 Å². The van der Waals surface area contributed by atoms with Gasteiger partial charge in [0.1, 0.15) is 12.4 Å². The predicted octanol–water partition coefficient (Wildman–Crippen LogP) is 2.90. The summed E-state index contributed by atoms with van der Waals surface area (Å²) in [7, 11) is 1.97. The van der Waals surface area contributed by atoms with E-state index in [4.69, 9.17) is 4.74 Å². The van der Waals surface area contributed by atoms with Crippen LogP contribution in [0.3, 0.4) is 0 Å². The number of benzene rings is 2. The number of hydrogen-bond donors (Lipinski definition) is 1. The summed E-state index contributed by atoms with van der Waals surface area (Å²) in [5.74, 6) is 0.922. The van der Waals surface area contributed by atoms with Gasteiger partial charge in [-0.3, -0.25) is 0 Å². The third-order valence-corrected chi connectivity index (χ3v) is 2.93. The molecule has 0 amide bonds. The summed E-state index contributed by atoms with van der Waals surface area (Å²) in [6.45, 7) is 0.676. The minimum absolute atomic E-state index is 0.326. The average Bonchev–Trinajstić information content (AvgIpc) is 2.45. The molecule has 1 N–H and O–H groups in total. The van der Waals surface area contributed by atoms with Crippen LogP contribution in [0.2, 0.25) is 0 Å². The van der Waals surface area contributed by atoms with E-state index in [-0.39, 0.29) is 0 Å². The van der Waals surface area contributed by atoms with Gasteiger partial charge >= 0.3 is 0 Å². The summed E-state index contributed by atoms with van der Waals surface area (Å²) in [4.78, 5) is 0. The van der Waals surface area contributed by atoms with Crippen molar-refractivity contribution in [2.45, 2.75) is 12.5 Å². The van der Waals surface area contributed by atoms with E-state index in [1.165, 1.54) is 5.56 Å². The molecule has 0 saturated heterocycles. The Hall–Kier alpha value is -1.80. The van der Waals surface area contributed by atoms with Crippen molar-refractivity contribution in [2.75, 3.05) is 13.7 Å². The van der Waals surface area contributed by atoms with Crippen molar-refractivity contribution in [3.8, 4) is 5.75 Å². The maximum Gasteiger partial charge on any atom is 0.119 e. The van der Waals surface area contributed by atoms with Crippen molar-refractivity contribution in [2.24, 2.45) is 0 Å². The van der Waals surface area contributed by atoms with E-state index in [2.05, 4.69) is 29.6 Å². The molecule has 0 radical (unpaired) electrons. The lowest BCUT2D eigenvalue weighted by molar-refractivity contribution is 0.270. The van der Waals surface area contributed by atoms with Gasteiger partial charge in [0.15, 0.2) is 0 Å². The van der Waals surface area contributed by atoms with E-state index in [0.29, 0.717) is 12.6 Å². The Morgan fingerprint density at radius 2 is 1.56 bits per heavy atom. The van der Waals surface area contributed by atoms with Crippen molar-refractivity contribution >= 4 is 0 Å². The van der Waals surface area contributed by atoms with Crippen molar-refractivity contribution in [1.82, 2.24) is 5.32 Å². The second kappa shape index (κ2) is 6.82. The molecule has 0 fully saturated rings. The van der Waals surface area contributed by atoms with Crippen LogP contribution in [-0.4, -0.2) is 19.7 Å². The van der Waals surface area contributed by atoms with Crippen LogP contribution < -0.4 is 10.1 Å². The van der Waals surface area contributed by atoms with Crippen molar-refractivity contribution in [1.29, 1.82) is 0 Å². The molecule has 2 nitrogen and oxygen atoms in total. The van der Waals surface area contributed by atoms with Crippen LogP contribution in [-0.2, 0) is 6.42 Å². The zero-order valence-electron chi connectivity index (χ0n) is 10.7. The average molecular weight is 241 g/mol. The highest BCUT2D eigenvalue weighted by atomic mass is 16.5. The SMILES string of the molecule is CN[C@H](COc1ccccc1)Cc1ccccc1. The molecule has 1 atom stereocenters. The quantitative estimate of drug-likeness (QED) is 0.839. The number of hydrogen-bond acceptors (Lipinski definition) is 2. The van der Waals surface area contributed by atoms with Crippen molar-refractivity contribution in [3.63, 3.8) is 0 Å². The first-order chi connectivity index (χ1) is 8.88. The van der Waals surface area contributed by atoms with Gasteiger partial charge in [-0.2, -0.15) is 0 Å². The normalized spacial score (nSPS) is 12.1.